The fraction of sp³-hybridized carbons (Fsp3) is 0.412. The molecule has 1 N–H and O–H groups in total. The van der Waals surface area contributed by atoms with E-state index in [9.17, 15) is 0 Å². The standard InChI is InChI=1S/C17H22N2/c1-4-5-10-19-16(13-18-12-14(2)3)11-15-8-6-7-9-17(15)19/h6-9,11,14,18H,10,12-13H2,1-3H3. The molecule has 1 aromatic heterocycles. The summed E-state index contributed by atoms with van der Waals surface area (Å²) in [5, 5.41) is 4.80. The number of hydrogen-bond acceptors (Lipinski definition) is 1. The van der Waals surface area contributed by atoms with Gasteiger partial charge >= 0.3 is 0 Å². The van der Waals surface area contributed by atoms with Gasteiger partial charge in [-0.1, -0.05) is 38.0 Å². The van der Waals surface area contributed by atoms with Crippen LogP contribution in [0.15, 0.2) is 30.3 Å². The van der Waals surface area contributed by atoms with Crippen molar-refractivity contribution in [2.75, 3.05) is 6.54 Å². The highest BCUT2D eigenvalue weighted by atomic mass is 15.0. The van der Waals surface area contributed by atoms with Gasteiger partial charge in [0.25, 0.3) is 0 Å². The third-order valence-electron chi connectivity index (χ3n) is 3.17. The second kappa shape index (κ2) is 6.45. The SMILES string of the molecule is CC#CCn1c(CNCC(C)C)cc2ccccc21. The summed E-state index contributed by atoms with van der Waals surface area (Å²) in [7, 11) is 0. The second-order valence-electron chi connectivity index (χ2n) is 5.23. The molecule has 0 unspecified atom stereocenters. The molecule has 0 radical (unpaired) electrons. The quantitative estimate of drug-likeness (QED) is 0.809. The van der Waals surface area contributed by atoms with Crippen molar-refractivity contribution in [3.8, 4) is 11.8 Å². The Morgan fingerprint density at radius 1 is 1.26 bits per heavy atom. The van der Waals surface area contributed by atoms with Crippen molar-refractivity contribution in [3.63, 3.8) is 0 Å². The fourth-order valence-corrected chi connectivity index (χ4v) is 2.25. The van der Waals surface area contributed by atoms with Gasteiger partial charge in [-0.15, -0.1) is 5.92 Å². The number of nitrogens with one attached hydrogen (secondary N) is 1. The second-order valence-corrected chi connectivity index (χ2v) is 5.23. The van der Waals surface area contributed by atoms with Crippen molar-refractivity contribution in [1.29, 1.82) is 0 Å². The van der Waals surface area contributed by atoms with Gasteiger partial charge in [-0.2, -0.15) is 0 Å². The van der Waals surface area contributed by atoms with E-state index in [2.05, 4.69) is 65.9 Å². The molecule has 2 nitrogen and oxygen atoms in total. The lowest BCUT2D eigenvalue weighted by molar-refractivity contribution is 0.541. The molecule has 2 heteroatoms. The number of hydrogen-bond donors (Lipinski definition) is 1. The van der Waals surface area contributed by atoms with Gasteiger partial charge < -0.3 is 9.88 Å². The van der Waals surface area contributed by atoms with E-state index < -0.39 is 0 Å². The van der Waals surface area contributed by atoms with Gasteiger partial charge in [0.2, 0.25) is 0 Å². The van der Waals surface area contributed by atoms with Crippen LogP contribution in [0.1, 0.15) is 26.5 Å². The average molecular weight is 254 g/mol. The molecule has 1 heterocycles. The third kappa shape index (κ3) is 3.39. The first-order valence-electron chi connectivity index (χ1n) is 6.90. The maximum atomic E-state index is 3.51. The van der Waals surface area contributed by atoms with E-state index >= 15 is 0 Å². The number of rotatable bonds is 5. The van der Waals surface area contributed by atoms with Gasteiger partial charge in [-0.3, -0.25) is 0 Å². The van der Waals surface area contributed by atoms with Crippen molar-refractivity contribution in [1.82, 2.24) is 9.88 Å². The summed E-state index contributed by atoms with van der Waals surface area (Å²) in [4.78, 5) is 0. The Morgan fingerprint density at radius 3 is 2.79 bits per heavy atom. The zero-order valence-corrected chi connectivity index (χ0v) is 12.0. The molecule has 0 bridgehead atoms. The van der Waals surface area contributed by atoms with Crippen LogP contribution >= 0.6 is 0 Å². The van der Waals surface area contributed by atoms with Gasteiger partial charge in [0.15, 0.2) is 0 Å². The van der Waals surface area contributed by atoms with Crippen LogP contribution in [0.25, 0.3) is 10.9 Å². The van der Waals surface area contributed by atoms with E-state index in [1.807, 2.05) is 6.92 Å². The molecule has 0 aliphatic heterocycles. The highest BCUT2D eigenvalue weighted by Gasteiger charge is 2.07. The van der Waals surface area contributed by atoms with Crippen LogP contribution in [0.3, 0.4) is 0 Å². The molecule has 0 atom stereocenters. The summed E-state index contributed by atoms with van der Waals surface area (Å²) in [6, 6.07) is 10.8. The van der Waals surface area contributed by atoms with Crippen LogP contribution in [0.5, 0.6) is 0 Å². The topological polar surface area (TPSA) is 17.0 Å². The summed E-state index contributed by atoms with van der Waals surface area (Å²) >= 11 is 0. The molecule has 100 valence electrons. The van der Waals surface area contributed by atoms with E-state index in [0.717, 1.165) is 19.6 Å². The number of aromatic nitrogens is 1. The fourth-order valence-electron chi connectivity index (χ4n) is 2.25. The Morgan fingerprint density at radius 2 is 2.05 bits per heavy atom. The first-order valence-corrected chi connectivity index (χ1v) is 6.90. The first kappa shape index (κ1) is 13.7. The molecule has 0 fully saturated rings. The molecule has 0 amide bonds. The minimum absolute atomic E-state index is 0.674. The summed E-state index contributed by atoms with van der Waals surface area (Å²) in [5.74, 6) is 6.82. The minimum atomic E-state index is 0.674. The Hall–Kier alpha value is -1.72. The van der Waals surface area contributed by atoms with Crippen molar-refractivity contribution < 1.29 is 0 Å². The molecule has 0 aliphatic carbocycles. The summed E-state index contributed by atoms with van der Waals surface area (Å²) in [5.41, 5.74) is 2.58. The molecule has 0 spiro atoms. The third-order valence-corrected chi connectivity index (χ3v) is 3.17. The molecule has 19 heavy (non-hydrogen) atoms. The van der Waals surface area contributed by atoms with E-state index in [4.69, 9.17) is 0 Å². The Balaban J connectivity index is 2.26. The normalized spacial score (nSPS) is 10.7. The number of nitrogens with zero attached hydrogens (tertiary/aromatic N) is 1. The summed E-state index contributed by atoms with van der Waals surface area (Å²) in [6.07, 6.45) is 0. The highest BCUT2D eigenvalue weighted by molar-refractivity contribution is 5.81. The predicted molar refractivity (Wildman–Crippen MR) is 81.9 cm³/mol. The minimum Gasteiger partial charge on any atom is -0.332 e. The Labute approximate surface area is 115 Å². The average Bonchev–Trinajstić information content (AvgIpc) is 2.74. The Kier molecular flexibility index (Phi) is 4.65. The molecule has 0 saturated carbocycles. The molecule has 1 aromatic carbocycles. The predicted octanol–water partition coefficient (Wildman–Crippen LogP) is 3.41. The van der Waals surface area contributed by atoms with Crippen molar-refractivity contribution in [2.24, 2.45) is 5.92 Å². The lowest BCUT2D eigenvalue weighted by Crippen LogP contribution is -2.20. The van der Waals surface area contributed by atoms with Gasteiger partial charge in [-0.25, -0.2) is 0 Å². The maximum Gasteiger partial charge on any atom is 0.0840 e. The first-order chi connectivity index (χ1) is 9.22. The molecule has 2 aromatic rings. The van der Waals surface area contributed by atoms with Crippen molar-refractivity contribution in [3.05, 3.63) is 36.0 Å². The highest BCUT2D eigenvalue weighted by Crippen LogP contribution is 2.19. The van der Waals surface area contributed by atoms with Gasteiger partial charge in [0.1, 0.15) is 0 Å². The summed E-state index contributed by atoms with van der Waals surface area (Å²) < 4.78 is 2.30. The van der Waals surface area contributed by atoms with E-state index in [0.29, 0.717) is 5.92 Å². The zero-order valence-electron chi connectivity index (χ0n) is 12.0. The molecular weight excluding hydrogens is 232 g/mol. The molecule has 2 rings (SSSR count). The van der Waals surface area contributed by atoms with Crippen molar-refractivity contribution >= 4 is 10.9 Å². The lowest BCUT2D eigenvalue weighted by atomic mass is 10.2. The molecular formula is C17H22N2. The molecule has 0 saturated heterocycles. The van der Waals surface area contributed by atoms with Gasteiger partial charge in [0.05, 0.1) is 6.54 Å². The monoisotopic (exact) mass is 254 g/mol. The van der Waals surface area contributed by atoms with Crippen LogP contribution < -0.4 is 5.32 Å². The zero-order chi connectivity index (χ0) is 13.7. The van der Waals surface area contributed by atoms with Gasteiger partial charge in [0, 0.05) is 17.8 Å². The van der Waals surface area contributed by atoms with E-state index in [-0.39, 0.29) is 0 Å². The number of fused-ring (bicyclic) bond motifs is 1. The van der Waals surface area contributed by atoms with E-state index in [1.165, 1.54) is 16.6 Å². The largest absolute Gasteiger partial charge is 0.332 e. The van der Waals surface area contributed by atoms with Crippen LogP contribution in [0, 0.1) is 17.8 Å². The van der Waals surface area contributed by atoms with Crippen LogP contribution in [-0.4, -0.2) is 11.1 Å². The molecule has 0 aliphatic rings. The number of benzene rings is 1. The van der Waals surface area contributed by atoms with Crippen LogP contribution in [0.2, 0.25) is 0 Å². The smallest absolute Gasteiger partial charge is 0.0840 e. The van der Waals surface area contributed by atoms with Crippen LogP contribution in [-0.2, 0) is 13.1 Å². The maximum absolute atomic E-state index is 3.51. The van der Waals surface area contributed by atoms with Gasteiger partial charge in [-0.05, 0) is 36.9 Å². The lowest BCUT2D eigenvalue weighted by Gasteiger charge is -2.10. The van der Waals surface area contributed by atoms with Crippen molar-refractivity contribution in [2.45, 2.75) is 33.9 Å². The number of para-hydroxylation sites is 1. The van der Waals surface area contributed by atoms with E-state index in [1.54, 1.807) is 0 Å². The Bertz CT molecular complexity index is 596. The summed E-state index contributed by atoms with van der Waals surface area (Å²) in [6.45, 7) is 9.06. The van der Waals surface area contributed by atoms with Crippen LogP contribution in [0.4, 0.5) is 0 Å².